The van der Waals surface area contributed by atoms with Crippen molar-refractivity contribution in [3.8, 4) is 0 Å². The minimum absolute atomic E-state index is 0.117. The lowest BCUT2D eigenvalue weighted by atomic mass is 10.1. The number of aliphatic hydroxyl groups is 1. The second kappa shape index (κ2) is 15.5. The zero-order chi connectivity index (χ0) is 33.5. The van der Waals surface area contributed by atoms with Crippen LogP contribution in [0.1, 0.15) is 59.0 Å². The zero-order valence-corrected chi connectivity index (χ0v) is 26.8. The van der Waals surface area contributed by atoms with Crippen molar-refractivity contribution in [1.82, 2.24) is 14.6 Å². The first-order chi connectivity index (χ1) is 21.0. The number of aliphatic hydroxyl groups excluding tert-OH is 1. The molecule has 2 N–H and O–H groups in total. The van der Waals surface area contributed by atoms with Crippen molar-refractivity contribution in [2.24, 2.45) is 5.92 Å². The molecule has 0 saturated carbocycles. The van der Waals surface area contributed by atoms with E-state index in [0.717, 1.165) is 6.20 Å². The minimum atomic E-state index is -4.69. The molecule has 13 nitrogen and oxygen atoms in total. The molecule has 1 aliphatic rings. The van der Waals surface area contributed by atoms with Gasteiger partial charge in [-0.2, -0.15) is 13.8 Å². The first kappa shape index (κ1) is 36.4. The van der Waals surface area contributed by atoms with Gasteiger partial charge in [-0.15, -0.1) is 0 Å². The predicted octanol–water partition coefficient (Wildman–Crippen LogP) is 3.54. The van der Waals surface area contributed by atoms with Gasteiger partial charge in [0.2, 0.25) is 6.23 Å². The third-order valence-electron chi connectivity index (χ3n) is 6.46. The van der Waals surface area contributed by atoms with Crippen LogP contribution in [0.25, 0.3) is 0 Å². The first-order valence-corrected chi connectivity index (χ1v) is 16.0. The van der Waals surface area contributed by atoms with Crippen LogP contribution < -0.4 is 10.8 Å². The van der Waals surface area contributed by atoms with E-state index in [1.165, 1.54) is 19.9 Å². The number of aromatic nitrogens is 2. The van der Waals surface area contributed by atoms with Gasteiger partial charge in [0.15, 0.2) is 12.2 Å². The van der Waals surface area contributed by atoms with Gasteiger partial charge in [0.25, 0.3) is 0 Å². The molecule has 3 rings (SSSR count). The second-order valence-electron chi connectivity index (χ2n) is 11.3. The summed E-state index contributed by atoms with van der Waals surface area (Å²) in [6.45, 7) is 8.43. The van der Waals surface area contributed by atoms with E-state index in [1.54, 1.807) is 44.2 Å². The fourth-order valence-electron chi connectivity index (χ4n) is 4.26. The third kappa shape index (κ3) is 9.96. The standard InChI is InChI=1S/C29H40F2N3O10P/c1-17(2)14-22-12-13-34(28(38)32-22)27-29(30,31)24(35)23(43-27)16-41-45(39,33-19(5)25(36)42-18(3)4)44-20(6)26(37)40-15-21-10-8-7-9-11-21/h7-13,17-20,23-24,27,35H,14-16H2,1-6H3,(H,33,39)/t19-,20?,23+,24+,27+,45?/m0/s1. The number of nitrogens with one attached hydrogen (secondary N) is 1. The first-order valence-electron chi connectivity index (χ1n) is 14.4. The van der Waals surface area contributed by atoms with Gasteiger partial charge in [-0.3, -0.25) is 18.4 Å². The molecule has 0 bridgehead atoms. The highest BCUT2D eigenvalue weighted by Gasteiger charge is 2.60. The summed E-state index contributed by atoms with van der Waals surface area (Å²) >= 11 is 0. The topological polar surface area (TPSA) is 165 Å². The molecule has 1 aliphatic heterocycles. The van der Waals surface area contributed by atoms with Crippen molar-refractivity contribution >= 4 is 19.7 Å². The molecule has 45 heavy (non-hydrogen) atoms. The summed E-state index contributed by atoms with van der Waals surface area (Å²) in [5.74, 6) is -5.60. The molecule has 2 aromatic rings. The Kier molecular flexibility index (Phi) is 12.5. The van der Waals surface area contributed by atoms with Gasteiger partial charge in [-0.25, -0.2) is 19.2 Å². The van der Waals surface area contributed by atoms with Crippen molar-refractivity contribution in [3.63, 3.8) is 0 Å². The SMILES string of the molecule is CC(C)Cc1ccn([C@@H]2O[C@H](COP(=O)(N[C@@H](C)C(=O)OC(C)C)OC(C)C(=O)OCc3ccccc3)[C@@H](O)C2(F)F)c(=O)n1. The van der Waals surface area contributed by atoms with Crippen LogP contribution in [0.5, 0.6) is 0 Å². The molecule has 1 fully saturated rings. The van der Waals surface area contributed by atoms with Crippen molar-refractivity contribution in [1.29, 1.82) is 0 Å². The molecule has 6 atom stereocenters. The van der Waals surface area contributed by atoms with Crippen molar-refractivity contribution in [2.75, 3.05) is 6.61 Å². The van der Waals surface area contributed by atoms with E-state index in [2.05, 4.69) is 10.1 Å². The lowest BCUT2D eigenvalue weighted by molar-refractivity contribution is -0.153. The Hall–Kier alpha value is -3.07. The largest absolute Gasteiger partial charge is 0.462 e. The molecular weight excluding hydrogens is 619 g/mol. The van der Waals surface area contributed by atoms with Crippen molar-refractivity contribution in [3.05, 3.63) is 64.3 Å². The summed E-state index contributed by atoms with van der Waals surface area (Å²) in [4.78, 5) is 41.4. The Labute approximate surface area is 259 Å². The number of rotatable bonds is 15. The molecule has 1 aromatic heterocycles. The number of ether oxygens (including phenoxy) is 3. The number of hydrogen-bond acceptors (Lipinski definition) is 11. The van der Waals surface area contributed by atoms with E-state index in [-0.39, 0.29) is 12.5 Å². The molecule has 0 amide bonds. The molecule has 1 aromatic carbocycles. The van der Waals surface area contributed by atoms with Gasteiger partial charge in [-0.1, -0.05) is 44.2 Å². The summed E-state index contributed by atoms with van der Waals surface area (Å²) in [6, 6.07) is 8.81. The quantitative estimate of drug-likeness (QED) is 0.211. The Morgan fingerprint density at radius 2 is 1.78 bits per heavy atom. The van der Waals surface area contributed by atoms with Crippen molar-refractivity contribution < 1.29 is 51.3 Å². The lowest BCUT2D eigenvalue weighted by Gasteiger charge is -2.26. The third-order valence-corrected chi connectivity index (χ3v) is 8.24. The number of hydrogen-bond donors (Lipinski definition) is 2. The average Bonchev–Trinajstić information content (AvgIpc) is 3.18. The Bertz CT molecular complexity index is 1410. The average molecular weight is 660 g/mol. The Balaban J connectivity index is 1.76. The number of halogens is 2. The van der Waals surface area contributed by atoms with Crippen LogP contribution >= 0.6 is 7.75 Å². The van der Waals surface area contributed by atoms with Crippen molar-refractivity contribution in [2.45, 2.75) is 97.2 Å². The van der Waals surface area contributed by atoms with E-state index in [0.29, 0.717) is 22.2 Å². The van der Waals surface area contributed by atoms with E-state index in [4.69, 9.17) is 23.3 Å². The van der Waals surface area contributed by atoms with E-state index in [9.17, 15) is 24.1 Å². The summed E-state index contributed by atoms with van der Waals surface area (Å²) in [7, 11) is -4.69. The Morgan fingerprint density at radius 1 is 1.11 bits per heavy atom. The maximum absolute atomic E-state index is 15.2. The Morgan fingerprint density at radius 3 is 2.38 bits per heavy atom. The fourth-order valence-corrected chi connectivity index (χ4v) is 5.88. The highest BCUT2D eigenvalue weighted by atomic mass is 31.2. The van der Waals surface area contributed by atoms with Gasteiger partial charge < -0.3 is 19.3 Å². The van der Waals surface area contributed by atoms with Crippen LogP contribution in [-0.2, 0) is 50.4 Å². The lowest BCUT2D eigenvalue weighted by Crippen LogP contribution is -2.42. The second-order valence-corrected chi connectivity index (χ2v) is 13.0. The number of alkyl halides is 2. The van der Waals surface area contributed by atoms with Gasteiger partial charge >= 0.3 is 31.3 Å². The molecular formula is C29H40F2N3O10P. The van der Waals surface area contributed by atoms with Crippen LogP contribution in [0, 0.1) is 5.92 Å². The fraction of sp³-hybridized carbons (Fsp3) is 0.586. The zero-order valence-electron chi connectivity index (χ0n) is 25.9. The molecule has 2 heterocycles. The number of benzene rings is 1. The van der Waals surface area contributed by atoms with Gasteiger partial charge in [0.05, 0.1) is 12.7 Å². The molecule has 0 aliphatic carbocycles. The predicted molar refractivity (Wildman–Crippen MR) is 156 cm³/mol. The summed E-state index contributed by atoms with van der Waals surface area (Å²) in [5.41, 5.74) is 0.0636. The number of carbonyl (C=O) groups is 2. The van der Waals surface area contributed by atoms with E-state index >= 15 is 8.78 Å². The van der Waals surface area contributed by atoms with E-state index in [1.807, 2.05) is 13.8 Å². The summed E-state index contributed by atoms with van der Waals surface area (Å²) in [6.07, 6.45) is -7.07. The van der Waals surface area contributed by atoms with Crippen LogP contribution in [0.4, 0.5) is 8.78 Å². The van der Waals surface area contributed by atoms with Gasteiger partial charge in [-0.05, 0) is 51.7 Å². The highest BCUT2D eigenvalue weighted by Crippen LogP contribution is 2.48. The molecule has 16 heteroatoms. The summed E-state index contributed by atoms with van der Waals surface area (Å²) in [5, 5.41) is 12.8. The van der Waals surface area contributed by atoms with E-state index < -0.39 is 74.6 Å². The molecule has 1 saturated heterocycles. The van der Waals surface area contributed by atoms with Gasteiger partial charge in [0.1, 0.15) is 18.8 Å². The maximum atomic E-state index is 15.2. The molecule has 0 spiro atoms. The monoisotopic (exact) mass is 659 g/mol. The molecule has 2 unspecified atom stereocenters. The maximum Gasteiger partial charge on any atom is 0.407 e. The highest BCUT2D eigenvalue weighted by molar-refractivity contribution is 7.51. The van der Waals surface area contributed by atoms with Crippen LogP contribution in [0.3, 0.4) is 0 Å². The number of esters is 2. The molecule has 250 valence electrons. The smallest absolute Gasteiger partial charge is 0.407 e. The van der Waals surface area contributed by atoms with Crippen LogP contribution in [-0.4, -0.2) is 69.6 Å². The minimum Gasteiger partial charge on any atom is -0.462 e. The van der Waals surface area contributed by atoms with Crippen LogP contribution in [0.2, 0.25) is 0 Å². The van der Waals surface area contributed by atoms with Crippen LogP contribution in [0.15, 0.2) is 47.4 Å². The van der Waals surface area contributed by atoms with Gasteiger partial charge in [0, 0.05) is 11.9 Å². The summed E-state index contributed by atoms with van der Waals surface area (Å²) < 4.78 is 71.1. The normalized spacial score (nSPS) is 22.2. The number of carbonyl (C=O) groups excluding carboxylic acids is 2. The number of nitrogens with zero attached hydrogens (tertiary/aromatic N) is 2. The molecule has 0 radical (unpaired) electrons.